The molecule has 1 fully saturated rings. The molecule has 5 aromatic rings. The third kappa shape index (κ3) is 7.45. The first-order valence-electron chi connectivity index (χ1n) is 15.1. The lowest BCUT2D eigenvalue weighted by molar-refractivity contribution is 0.0240. The van der Waals surface area contributed by atoms with E-state index < -0.39 is 5.60 Å². The van der Waals surface area contributed by atoms with Gasteiger partial charge in [0.1, 0.15) is 11.9 Å². The number of carbonyl (C=O) groups is 1. The van der Waals surface area contributed by atoms with Crippen LogP contribution in [-0.2, 0) is 4.74 Å². The van der Waals surface area contributed by atoms with Crippen molar-refractivity contribution >= 4 is 23.4 Å². The van der Waals surface area contributed by atoms with Gasteiger partial charge in [-0.15, -0.1) is 5.10 Å². The van der Waals surface area contributed by atoms with E-state index in [2.05, 4.69) is 36.3 Å². The predicted molar refractivity (Wildman–Crippen MR) is 177 cm³/mol. The van der Waals surface area contributed by atoms with Gasteiger partial charge in [0.05, 0.1) is 30.1 Å². The summed E-state index contributed by atoms with van der Waals surface area (Å²) in [6.45, 7) is 7.87. The van der Waals surface area contributed by atoms with Gasteiger partial charge in [-0.25, -0.2) is 29.4 Å². The molecule has 0 saturated carbocycles. The summed E-state index contributed by atoms with van der Waals surface area (Å²) in [7, 11) is 1.57. The smallest absolute Gasteiger partial charge is 0.410 e. The topological polar surface area (TPSA) is 147 Å². The number of rotatable bonds is 7. The molecule has 1 amide bonds. The van der Waals surface area contributed by atoms with Crippen LogP contribution in [0.2, 0.25) is 0 Å². The van der Waals surface area contributed by atoms with Crippen LogP contribution in [0.3, 0.4) is 0 Å². The zero-order chi connectivity index (χ0) is 33.0. The molecule has 4 heterocycles. The molecule has 0 unspecified atom stereocenters. The normalized spacial score (nSPS) is 13.2. The molecular formula is C34H34N10O3. The van der Waals surface area contributed by atoms with E-state index in [0.717, 1.165) is 28.2 Å². The van der Waals surface area contributed by atoms with Crippen LogP contribution in [0.4, 0.5) is 22.1 Å². The van der Waals surface area contributed by atoms with Gasteiger partial charge in [0, 0.05) is 67.1 Å². The predicted octanol–water partition coefficient (Wildman–Crippen LogP) is 5.47. The highest BCUT2D eigenvalue weighted by Crippen LogP contribution is 2.28. The number of ether oxygens (including phenoxy) is 2. The monoisotopic (exact) mass is 630 g/mol. The molecule has 238 valence electrons. The van der Waals surface area contributed by atoms with Gasteiger partial charge < -0.3 is 24.6 Å². The molecule has 13 heteroatoms. The summed E-state index contributed by atoms with van der Waals surface area (Å²) in [6.07, 6.45) is 4.70. The first-order chi connectivity index (χ1) is 22.7. The summed E-state index contributed by atoms with van der Waals surface area (Å²) in [4.78, 5) is 34.2. The fraction of sp³-hybridized carbons (Fsp3) is 0.265. The van der Waals surface area contributed by atoms with Gasteiger partial charge in [-0.2, -0.15) is 5.26 Å². The summed E-state index contributed by atoms with van der Waals surface area (Å²) in [6, 6.07) is 21.1. The molecule has 0 spiro atoms. The Bertz CT molecular complexity index is 1900. The number of carbonyl (C=O) groups excluding carboxylic acids is 1. The number of nitriles is 1. The zero-order valence-electron chi connectivity index (χ0n) is 26.6. The quantitative estimate of drug-likeness (QED) is 0.244. The minimum Gasteiger partial charge on any atom is -0.481 e. The third-order valence-corrected chi connectivity index (χ3v) is 7.38. The summed E-state index contributed by atoms with van der Waals surface area (Å²) in [5.41, 5.74) is 4.75. The molecule has 1 N–H and O–H groups in total. The third-order valence-electron chi connectivity index (χ3n) is 7.38. The number of nitrogens with one attached hydrogen (secondary N) is 1. The summed E-state index contributed by atoms with van der Waals surface area (Å²) >= 11 is 0. The summed E-state index contributed by atoms with van der Waals surface area (Å²) in [5.74, 6) is 1.50. The van der Waals surface area contributed by atoms with Gasteiger partial charge in [0.25, 0.3) is 0 Å². The van der Waals surface area contributed by atoms with E-state index in [4.69, 9.17) is 14.5 Å². The second-order valence-electron chi connectivity index (χ2n) is 11.9. The van der Waals surface area contributed by atoms with Crippen molar-refractivity contribution in [3.63, 3.8) is 0 Å². The van der Waals surface area contributed by atoms with Gasteiger partial charge in [0.15, 0.2) is 5.82 Å². The Hall–Kier alpha value is -6.03. The summed E-state index contributed by atoms with van der Waals surface area (Å²) in [5, 5.41) is 17.6. The number of benzene rings is 2. The fourth-order valence-corrected chi connectivity index (χ4v) is 5.04. The van der Waals surface area contributed by atoms with Crippen LogP contribution < -0.4 is 15.0 Å². The van der Waals surface area contributed by atoms with E-state index in [1.54, 1.807) is 41.5 Å². The lowest BCUT2D eigenvalue weighted by Crippen LogP contribution is -2.50. The number of anilines is 3. The average molecular weight is 631 g/mol. The second-order valence-corrected chi connectivity index (χ2v) is 11.9. The Kier molecular flexibility index (Phi) is 8.66. The Balaban J connectivity index is 1.13. The Labute approximate surface area is 272 Å². The molecule has 1 aliphatic rings. The number of aromatic nitrogens is 6. The van der Waals surface area contributed by atoms with E-state index in [1.165, 1.54) is 0 Å². The van der Waals surface area contributed by atoms with Crippen LogP contribution >= 0.6 is 0 Å². The van der Waals surface area contributed by atoms with E-state index in [9.17, 15) is 10.1 Å². The standard InChI is InChI=1S/C34H34N10O3/c1-34(2,3)47-33(45)43-15-13-42(14-16-43)28-18-23(20-35)17-25(19-28)29-11-12-36-32(40-29)39-26-6-8-27(9-7-26)44-22-38-31(41-44)24-5-10-30(46-4)37-21-24/h5-12,17-19,21-22H,13-16H2,1-4H3,(H,36,39,40). The van der Waals surface area contributed by atoms with Crippen LogP contribution in [0.25, 0.3) is 28.3 Å². The second kappa shape index (κ2) is 13.1. The molecule has 47 heavy (non-hydrogen) atoms. The van der Waals surface area contributed by atoms with Gasteiger partial charge in [-0.05, 0) is 75.4 Å². The van der Waals surface area contributed by atoms with Crippen molar-refractivity contribution in [1.29, 1.82) is 5.26 Å². The molecule has 0 atom stereocenters. The lowest BCUT2D eigenvalue weighted by Gasteiger charge is -2.37. The van der Waals surface area contributed by atoms with Crippen molar-refractivity contribution in [3.8, 4) is 40.3 Å². The van der Waals surface area contributed by atoms with Crippen LogP contribution in [0, 0.1) is 11.3 Å². The van der Waals surface area contributed by atoms with Crippen molar-refractivity contribution in [2.75, 3.05) is 43.5 Å². The highest BCUT2D eigenvalue weighted by molar-refractivity contribution is 5.71. The molecule has 2 aromatic carbocycles. The number of hydrogen-bond donors (Lipinski definition) is 1. The number of nitrogens with zero attached hydrogens (tertiary/aromatic N) is 9. The van der Waals surface area contributed by atoms with Crippen molar-refractivity contribution < 1.29 is 14.3 Å². The van der Waals surface area contributed by atoms with Gasteiger partial charge in [0.2, 0.25) is 11.8 Å². The van der Waals surface area contributed by atoms with Crippen molar-refractivity contribution in [1.82, 2.24) is 34.6 Å². The molecule has 3 aromatic heterocycles. The van der Waals surface area contributed by atoms with E-state index in [0.29, 0.717) is 55.1 Å². The first kappa shape index (κ1) is 31.0. The average Bonchev–Trinajstić information content (AvgIpc) is 3.58. The molecular weight excluding hydrogens is 596 g/mol. The summed E-state index contributed by atoms with van der Waals surface area (Å²) < 4.78 is 12.3. The number of hydrogen-bond acceptors (Lipinski definition) is 11. The van der Waals surface area contributed by atoms with Gasteiger partial charge in [-0.1, -0.05) is 0 Å². The molecule has 0 aliphatic carbocycles. The maximum Gasteiger partial charge on any atom is 0.410 e. The maximum absolute atomic E-state index is 12.5. The Morgan fingerprint density at radius 1 is 0.915 bits per heavy atom. The highest BCUT2D eigenvalue weighted by atomic mass is 16.6. The van der Waals surface area contributed by atoms with Crippen LogP contribution in [-0.4, -0.2) is 79.6 Å². The highest BCUT2D eigenvalue weighted by Gasteiger charge is 2.26. The van der Waals surface area contributed by atoms with Crippen LogP contribution in [0.1, 0.15) is 26.3 Å². The van der Waals surface area contributed by atoms with E-state index in [1.807, 2.05) is 75.4 Å². The first-order valence-corrected chi connectivity index (χ1v) is 15.1. The van der Waals surface area contributed by atoms with Crippen molar-refractivity contribution in [3.05, 3.63) is 84.9 Å². The lowest BCUT2D eigenvalue weighted by atomic mass is 10.1. The molecule has 13 nitrogen and oxygen atoms in total. The Morgan fingerprint density at radius 2 is 1.70 bits per heavy atom. The molecule has 1 saturated heterocycles. The van der Waals surface area contributed by atoms with Crippen molar-refractivity contribution in [2.45, 2.75) is 26.4 Å². The van der Waals surface area contributed by atoms with E-state index >= 15 is 0 Å². The maximum atomic E-state index is 12.5. The SMILES string of the molecule is COc1ccc(-c2ncn(-c3ccc(Nc4nccc(-c5cc(C#N)cc(N6CCN(C(=O)OC(C)(C)C)CC6)c5)n4)cc3)n2)cn1. The number of piperazine rings is 1. The number of pyridine rings is 1. The van der Waals surface area contributed by atoms with Crippen LogP contribution in [0.5, 0.6) is 5.88 Å². The minimum absolute atomic E-state index is 0.311. The molecule has 0 bridgehead atoms. The van der Waals surface area contributed by atoms with Gasteiger partial charge in [-0.3, -0.25) is 0 Å². The number of amides is 1. The largest absolute Gasteiger partial charge is 0.481 e. The van der Waals surface area contributed by atoms with E-state index in [-0.39, 0.29) is 6.09 Å². The Morgan fingerprint density at radius 3 is 2.38 bits per heavy atom. The molecule has 1 aliphatic heterocycles. The van der Waals surface area contributed by atoms with Crippen LogP contribution in [0.15, 0.2) is 79.4 Å². The molecule has 0 radical (unpaired) electrons. The minimum atomic E-state index is -0.543. The fourth-order valence-electron chi connectivity index (χ4n) is 5.04. The number of methoxy groups -OCH3 is 1. The zero-order valence-corrected chi connectivity index (χ0v) is 26.6. The van der Waals surface area contributed by atoms with Crippen molar-refractivity contribution in [2.24, 2.45) is 0 Å². The van der Waals surface area contributed by atoms with Gasteiger partial charge >= 0.3 is 6.09 Å². The molecule has 6 rings (SSSR count).